The van der Waals surface area contributed by atoms with Gasteiger partial charge in [0.15, 0.2) is 0 Å². The van der Waals surface area contributed by atoms with E-state index in [9.17, 15) is 4.79 Å². The van der Waals surface area contributed by atoms with Gasteiger partial charge in [-0.2, -0.15) is 0 Å². The summed E-state index contributed by atoms with van der Waals surface area (Å²) in [7, 11) is 0. The molecule has 1 amide bonds. The molecule has 0 saturated heterocycles. The van der Waals surface area contributed by atoms with E-state index in [0.29, 0.717) is 31.0 Å². The van der Waals surface area contributed by atoms with Crippen molar-refractivity contribution in [3.8, 4) is 0 Å². The molecule has 0 atom stereocenters. The van der Waals surface area contributed by atoms with Crippen LogP contribution < -0.4 is 0 Å². The standard InChI is InChI=1S/C20H20ClNO3/c21-14-17-7-4-8-18(13-17)20(23)22(10-9-19-24-11-12-25-19)15-16-5-2-1-3-6-16/h1-8,11-13,19H,9-10,14-15H2. The fourth-order valence-corrected chi connectivity index (χ4v) is 2.86. The van der Waals surface area contributed by atoms with Crippen LogP contribution in [0.15, 0.2) is 67.1 Å². The topological polar surface area (TPSA) is 38.8 Å². The molecule has 0 N–H and O–H groups in total. The molecule has 2 aromatic carbocycles. The van der Waals surface area contributed by atoms with Gasteiger partial charge in [-0.1, -0.05) is 42.5 Å². The number of halogens is 1. The Morgan fingerprint density at radius 1 is 1.00 bits per heavy atom. The maximum Gasteiger partial charge on any atom is 0.254 e. The van der Waals surface area contributed by atoms with Gasteiger partial charge in [-0.25, -0.2) is 0 Å². The summed E-state index contributed by atoms with van der Waals surface area (Å²) in [6.07, 6.45) is 3.32. The molecule has 0 spiro atoms. The molecule has 0 radical (unpaired) electrons. The van der Waals surface area contributed by atoms with Crippen molar-refractivity contribution >= 4 is 17.5 Å². The molecular weight excluding hydrogens is 338 g/mol. The van der Waals surface area contributed by atoms with Crippen LogP contribution in [0.2, 0.25) is 0 Å². The Labute approximate surface area is 152 Å². The van der Waals surface area contributed by atoms with E-state index >= 15 is 0 Å². The highest BCUT2D eigenvalue weighted by molar-refractivity contribution is 6.17. The van der Waals surface area contributed by atoms with Gasteiger partial charge in [0.25, 0.3) is 5.91 Å². The third kappa shape index (κ3) is 4.77. The first-order valence-corrected chi connectivity index (χ1v) is 8.74. The highest BCUT2D eigenvalue weighted by Gasteiger charge is 2.20. The van der Waals surface area contributed by atoms with Crippen molar-refractivity contribution in [1.82, 2.24) is 4.90 Å². The van der Waals surface area contributed by atoms with Gasteiger partial charge in [0.05, 0.1) is 0 Å². The number of carbonyl (C=O) groups is 1. The average molecular weight is 358 g/mol. The fraction of sp³-hybridized carbons (Fsp3) is 0.250. The minimum atomic E-state index is -0.333. The zero-order valence-electron chi connectivity index (χ0n) is 13.8. The van der Waals surface area contributed by atoms with E-state index in [0.717, 1.165) is 11.1 Å². The van der Waals surface area contributed by atoms with Gasteiger partial charge in [-0.15, -0.1) is 11.6 Å². The predicted molar refractivity (Wildman–Crippen MR) is 96.9 cm³/mol. The van der Waals surface area contributed by atoms with Crippen molar-refractivity contribution in [3.05, 3.63) is 83.8 Å². The molecule has 0 aliphatic carbocycles. The smallest absolute Gasteiger partial charge is 0.254 e. The molecule has 130 valence electrons. The second-order valence-electron chi connectivity index (χ2n) is 5.81. The van der Waals surface area contributed by atoms with Crippen LogP contribution in [0.25, 0.3) is 0 Å². The van der Waals surface area contributed by atoms with E-state index in [1.54, 1.807) is 0 Å². The first kappa shape index (κ1) is 17.4. The Bertz CT molecular complexity index is 725. The Kier molecular flexibility index (Phi) is 5.96. The molecule has 1 heterocycles. The Morgan fingerprint density at radius 3 is 2.44 bits per heavy atom. The summed E-state index contributed by atoms with van der Waals surface area (Å²) in [5.41, 5.74) is 2.65. The van der Waals surface area contributed by atoms with Crippen LogP contribution in [0, 0.1) is 0 Å². The summed E-state index contributed by atoms with van der Waals surface area (Å²) < 4.78 is 10.6. The number of amides is 1. The van der Waals surface area contributed by atoms with Crippen LogP contribution in [0.1, 0.15) is 27.9 Å². The lowest BCUT2D eigenvalue weighted by molar-refractivity contribution is -0.0327. The number of carbonyl (C=O) groups excluding carboxylic acids is 1. The largest absolute Gasteiger partial charge is 0.459 e. The van der Waals surface area contributed by atoms with Crippen molar-refractivity contribution in [2.75, 3.05) is 6.54 Å². The molecule has 0 saturated carbocycles. The third-order valence-corrected chi connectivity index (χ3v) is 4.29. The maximum atomic E-state index is 13.0. The van der Waals surface area contributed by atoms with Crippen LogP contribution >= 0.6 is 11.6 Å². The highest BCUT2D eigenvalue weighted by Crippen LogP contribution is 2.16. The summed E-state index contributed by atoms with van der Waals surface area (Å²) in [4.78, 5) is 14.8. The van der Waals surface area contributed by atoms with E-state index < -0.39 is 0 Å². The molecule has 1 aliphatic heterocycles. The van der Waals surface area contributed by atoms with E-state index in [2.05, 4.69) is 0 Å². The summed E-state index contributed by atoms with van der Waals surface area (Å²) in [5.74, 6) is 0.358. The molecular formula is C20H20ClNO3. The van der Waals surface area contributed by atoms with E-state index in [1.165, 1.54) is 12.5 Å². The number of alkyl halides is 1. The number of nitrogens with zero attached hydrogens (tertiary/aromatic N) is 1. The monoisotopic (exact) mass is 357 g/mol. The van der Waals surface area contributed by atoms with Crippen molar-refractivity contribution in [1.29, 1.82) is 0 Å². The van der Waals surface area contributed by atoms with Gasteiger partial charge in [0, 0.05) is 31.0 Å². The second-order valence-corrected chi connectivity index (χ2v) is 6.08. The molecule has 0 aromatic heterocycles. The Balaban J connectivity index is 1.74. The van der Waals surface area contributed by atoms with Crippen molar-refractivity contribution < 1.29 is 14.3 Å². The number of hydrogen-bond donors (Lipinski definition) is 0. The van der Waals surface area contributed by atoms with Gasteiger partial charge < -0.3 is 14.4 Å². The number of rotatable bonds is 7. The summed E-state index contributed by atoms with van der Waals surface area (Å²) in [6.45, 7) is 1.07. The number of hydrogen-bond acceptors (Lipinski definition) is 3. The van der Waals surface area contributed by atoms with E-state index in [4.69, 9.17) is 21.1 Å². The first-order chi connectivity index (χ1) is 12.3. The molecule has 0 fully saturated rings. The third-order valence-electron chi connectivity index (χ3n) is 3.98. The minimum absolute atomic E-state index is 0.0261. The minimum Gasteiger partial charge on any atom is -0.459 e. The van der Waals surface area contributed by atoms with Gasteiger partial charge in [-0.05, 0) is 23.3 Å². The summed E-state index contributed by atoms with van der Waals surface area (Å²) >= 11 is 5.90. The summed E-state index contributed by atoms with van der Waals surface area (Å²) in [6, 6.07) is 17.4. The van der Waals surface area contributed by atoms with Gasteiger partial charge in [-0.3, -0.25) is 4.79 Å². The van der Waals surface area contributed by atoms with Gasteiger partial charge in [0.2, 0.25) is 6.29 Å². The quantitative estimate of drug-likeness (QED) is 0.693. The lowest BCUT2D eigenvalue weighted by Gasteiger charge is -2.24. The number of benzene rings is 2. The van der Waals surface area contributed by atoms with Crippen LogP contribution in [0.4, 0.5) is 0 Å². The lowest BCUT2D eigenvalue weighted by Crippen LogP contribution is -2.33. The fourth-order valence-electron chi connectivity index (χ4n) is 2.70. The normalized spacial score (nSPS) is 13.3. The maximum absolute atomic E-state index is 13.0. The highest BCUT2D eigenvalue weighted by atomic mass is 35.5. The zero-order chi connectivity index (χ0) is 17.5. The molecule has 0 bridgehead atoms. The predicted octanol–water partition coefficient (Wildman–Crippen LogP) is 4.30. The average Bonchev–Trinajstić information content (AvgIpc) is 3.19. The molecule has 2 aromatic rings. The van der Waals surface area contributed by atoms with Crippen molar-refractivity contribution in [2.24, 2.45) is 0 Å². The van der Waals surface area contributed by atoms with Crippen LogP contribution in [0.5, 0.6) is 0 Å². The first-order valence-electron chi connectivity index (χ1n) is 8.20. The molecule has 0 unspecified atom stereocenters. The Morgan fingerprint density at radius 2 is 1.72 bits per heavy atom. The zero-order valence-corrected chi connectivity index (χ0v) is 14.6. The van der Waals surface area contributed by atoms with Gasteiger partial charge in [0.1, 0.15) is 12.5 Å². The van der Waals surface area contributed by atoms with E-state index in [-0.39, 0.29) is 12.2 Å². The SMILES string of the molecule is O=C(c1cccc(CCl)c1)N(CCC1OC=CO1)Cc1ccccc1. The molecule has 1 aliphatic rings. The summed E-state index contributed by atoms with van der Waals surface area (Å²) in [5, 5.41) is 0. The van der Waals surface area contributed by atoms with Crippen molar-refractivity contribution in [3.63, 3.8) is 0 Å². The lowest BCUT2D eigenvalue weighted by atomic mass is 10.1. The van der Waals surface area contributed by atoms with Crippen LogP contribution in [0.3, 0.4) is 0 Å². The molecule has 25 heavy (non-hydrogen) atoms. The second kappa shape index (κ2) is 8.58. The van der Waals surface area contributed by atoms with E-state index in [1.807, 2.05) is 59.5 Å². The van der Waals surface area contributed by atoms with Crippen LogP contribution in [-0.4, -0.2) is 23.6 Å². The molecule has 5 heteroatoms. The Hall–Kier alpha value is -2.46. The number of ether oxygens (including phenoxy) is 2. The molecule has 3 rings (SSSR count). The van der Waals surface area contributed by atoms with Crippen molar-refractivity contribution in [2.45, 2.75) is 25.1 Å². The van der Waals surface area contributed by atoms with Gasteiger partial charge >= 0.3 is 0 Å². The van der Waals surface area contributed by atoms with Crippen LogP contribution in [-0.2, 0) is 21.9 Å². The molecule has 4 nitrogen and oxygen atoms in total.